The SMILES string of the molecule is COC(=O)C1CCCCC1OC(=O)OC1CCCCC1. The highest BCUT2D eigenvalue weighted by Gasteiger charge is 2.35. The van der Waals surface area contributed by atoms with Crippen molar-refractivity contribution in [2.45, 2.75) is 70.0 Å². The van der Waals surface area contributed by atoms with E-state index in [1.807, 2.05) is 0 Å². The summed E-state index contributed by atoms with van der Waals surface area (Å²) in [5.41, 5.74) is 0. The van der Waals surface area contributed by atoms with Crippen LogP contribution in [0.2, 0.25) is 0 Å². The zero-order valence-corrected chi connectivity index (χ0v) is 12.1. The summed E-state index contributed by atoms with van der Waals surface area (Å²) in [6, 6.07) is 0. The molecule has 2 unspecified atom stereocenters. The van der Waals surface area contributed by atoms with E-state index in [4.69, 9.17) is 14.2 Å². The van der Waals surface area contributed by atoms with Crippen molar-refractivity contribution in [1.82, 2.24) is 0 Å². The van der Waals surface area contributed by atoms with Crippen LogP contribution in [-0.4, -0.2) is 31.4 Å². The van der Waals surface area contributed by atoms with Gasteiger partial charge in [0.15, 0.2) is 0 Å². The molecule has 2 rings (SSSR count). The van der Waals surface area contributed by atoms with Crippen LogP contribution in [0.4, 0.5) is 4.79 Å². The summed E-state index contributed by atoms with van der Waals surface area (Å²) in [5, 5.41) is 0. The van der Waals surface area contributed by atoms with E-state index in [0.29, 0.717) is 12.8 Å². The van der Waals surface area contributed by atoms with Gasteiger partial charge in [0, 0.05) is 0 Å². The van der Waals surface area contributed by atoms with Gasteiger partial charge in [-0.25, -0.2) is 4.79 Å². The largest absolute Gasteiger partial charge is 0.508 e. The molecule has 2 atom stereocenters. The van der Waals surface area contributed by atoms with Gasteiger partial charge in [0.1, 0.15) is 12.2 Å². The summed E-state index contributed by atoms with van der Waals surface area (Å²) in [6.45, 7) is 0. The maximum absolute atomic E-state index is 11.8. The van der Waals surface area contributed by atoms with E-state index in [2.05, 4.69) is 0 Å². The third-order valence-electron chi connectivity index (χ3n) is 4.27. The summed E-state index contributed by atoms with van der Waals surface area (Å²) in [6.07, 6.45) is 7.57. The molecule has 0 radical (unpaired) electrons. The number of methoxy groups -OCH3 is 1. The van der Waals surface area contributed by atoms with Gasteiger partial charge < -0.3 is 14.2 Å². The second-order valence-corrected chi connectivity index (χ2v) is 5.70. The average molecular weight is 284 g/mol. The fourth-order valence-electron chi connectivity index (χ4n) is 3.13. The Morgan fingerprint density at radius 1 is 0.850 bits per heavy atom. The molecule has 114 valence electrons. The summed E-state index contributed by atoms with van der Waals surface area (Å²) >= 11 is 0. The summed E-state index contributed by atoms with van der Waals surface area (Å²) in [5.74, 6) is -0.632. The Morgan fingerprint density at radius 3 is 2.20 bits per heavy atom. The third-order valence-corrected chi connectivity index (χ3v) is 4.27. The molecule has 0 aromatic rings. The molecular formula is C15H24O5. The van der Waals surface area contributed by atoms with Gasteiger partial charge in [-0.2, -0.15) is 0 Å². The second kappa shape index (κ2) is 7.50. The first-order valence-electron chi connectivity index (χ1n) is 7.66. The molecule has 0 saturated heterocycles. The minimum Gasteiger partial charge on any atom is -0.469 e. The highest BCUT2D eigenvalue weighted by molar-refractivity contribution is 5.73. The number of hydrogen-bond acceptors (Lipinski definition) is 5. The maximum Gasteiger partial charge on any atom is 0.508 e. The molecule has 0 aromatic heterocycles. The Morgan fingerprint density at radius 2 is 1.50 bits per heavy atom. The Kier molecular flexibility index (Phi) is 5.68. The van der Waals surface area contributed by atoms with Gasteiger partial charge in [-0.05, 0) is 44.9 Å². The standard InChI is InChI=1S/C15H24O5/c1-18-14(16)12-9-5-6-10-13(12)20-15(17)19-11-7-3-2-4-8-11/h11-13H,2-10H2,1H3. The molecular weight excluding hydrogens is 260 g/mol. The van der Waals surface area contributed by atoms with Crippen LogP contribution < -0.4 is 0 Å². The minimum absolute atomic E-state index is 0.0172. The molecule has 0 amide bonds. The number of carbonyl (C=O) groups excluding carboxylic acids is 2. The molecule has 0 bridgehead atoms. The molecule has 5 nitrogen and oxygen atoms in total. The van der Waals surface area contributed by atoms with E-state index in [-0.39, 0.29) is 18.0 Å². The average Bonchev–Trinajstić information content (AvgIpc) is 2.48. The van der Waals surface area contributed by atoms with Gasteiger partial charge >= 0.3 is 12.1 Å². The molecule has 0 N–H and O–H groups in total. The van der Waals surface area contributed by atoms with Gasteiger partial charge in [0.25, 0.3) is 0 Å². The summed E-state index contributed by atoms with van der Waals surface area (Å²) in [4.78, 5) is 23.5. The number of hydrogen-bond donors (Lipinski definition) is 0. The van der Waals surface area contributed by atoms with E-state index < -0.39 is 12.3 Å². The molecule has 0 aromatic carbocycles. The van der Waals surface area contributed by atoms with Crippen molar-refractivity contribution in [2.75, 3.05) is 7.11 Å². The first-order chi connectivity index (χ1) is 9.70. The topological polar surface area (TPSA) is 61.8 Å². The first-order valence-corrected chi connectivity index (χ1v) is 7.66. The van der Waals surface area contributed by atoms with Gasteiger partial charge in [0.2, 0.25) is 0 Å². The number of esters is 1. The predicted molar refractivity (Wildman–Crippen MR) is 72.2 cm³/mol. The van der Waals surface area contributed by atoms with Crippen LogP contribution in [-0.2, 0) is 19.0 Å². The molecule has 0 heterocycles. The van der Waals surface area contributed by atoms with Crippen molar-refractivity contribution in [3.8, 4) is 0 Å². The van der Waals surface area contributed by atoms with E-state index in [9.17, 15) is 9.59 Å². The van der Waals surface area contributed by atoms with Crippen LogP contribution in [0.5, 0.6) is 0 Å². The third kappa shape index (κ3) is 4.12. The van der Waals surface area contributed by atoms with Crippen molar-refractivity contribution in [1.29, 1.82) is 0 Å². The minimum atomic E-state index is -0.627. The van der Waals surface area contributed by atoms with Crippen LogP contribution in [0.25, 0.3) is 0 Å². The lowest BCUT2D eigenvalue weighted by atomic mass is 9.86. The number of rotatable bonds is 3. The van der Waals surface area contributed by atoms with Gasteiger partial charge in [-0.3, -0.25) is 4.79 Å². The van der Waals surface area contributed by atoms with Gasteiger partial charge in [-0.1, -0.05) is 12.8 Å². The molecule has 0 aliphatic heterocycles. The monoisotopic (exact) mass is 284 g/mol. The normalized spacial score (nSPS) is 27.6. The Hall–Kier alpha value is -1.26. The molecule has 20 heavy (non-hydrogen) atoms. The summed E-state index contributed by atoms with van der Waals surface area (Å²) in [7, 11) is 1.37. The molecule has 2 aliphatic carbocycles. The molecule has 2 saturated carbocycles. The van der Waals surface area contributed by atoms with Gasteiger partial charge in [-0.15, -0.1) is 0 Å². The summed E-state index contributed by atoms with van der Waals surface area (Å²) < 4.78 is 15.5. The Balaban J connectivity index is 1.82. The number of ether oxygens (including phenoxy) is 3. The Bertz CT molecular complexity index is 335. The lowest BCUT2D eigenvalue weighted by molar-refractivity contribution is -0.152. The van der Waals surface area contributed by atoms with E-state index in [1.54, 1.807) is 0 Å². The van der Waals surface area contributed by atoms with Crippen LogP contribution in [0.1, 0.15) is 57.8 Å². The zero-order valence-electron chi connectivity index (χ0n) is 12.1. The lowest BCUT2D eigenvalue weighted by Crippen LogP contribution is -2.36. The van der Waals surface area contributed by atoms with Crippen molar-refractivity contribution in [3.05, 3.63) is 0 Å². The first kappa shape index (κ1) is 15.1. The van der Waals surface area contributed by atoms with Gasteiger partial charge in [0.05, 0.1) is 13.0 Å². The van der Waals surface area contributed by atoms with Crippen LogP contribution in [0.3, 0.4) is 0 Å². The van der Waals surface area contributed by atoms with E-state index >= 15 is 0 Å². The lowest BCUT2D eigenvalue weighted by Gasteiger charge is -2.29. The highest BCUT2D eigenvalue weighted by atomic mass is 16.7. The highest BCUT2D eigenvalue weighted by Crippen LogP contribution is 2.29. The zero-order chi connectivity index (χ0) is 14.4. The number of carbonyl (C=O) groups is 2. The van der Waals surface area contributed by atoms with E-state index in [0.717, 1.165) is 38.5 Å². The maximum atomic E-state index is 11.8. The smallest absolute Gasteiger partial charge is 0.469 e. The fourth-order valence-corrected chi connectivity index (χ4v) is 3.13. The van der Waals surface area contributed by atoms with Crippen molar-refractivity contribution >= 4 is 12.1 Å². The second-order valence-electron chi connectivity index (χ2n) is 5.70. The fraction of sp³-hybridized carbons (Fsp3) is 0.867. The van der Waals surface area contributed by atoms with Crippen molar-refractivity contribution in [3.63, 3.8) is 0 Å². The van der Waals surface area contributed by atoms with Crippen LogP contribution in [0, 0.1) is 5.92 Å². The van der Waals surface area contributed by atoms with Crippen molar-refractivity contribution in [2.24, 2.45) is 5.92 Å². The van der Waals surface area contributed by atoms with E-state index in [1.165, 1.54) is 13.5 Å². The molecule has 0 spiro atoms. The Labute approximate surface area is 120 Å². The molecule has 2 aliphatic rings. The quantitative estimate of drug-likeness (QED) is 0.745. The predicted octanol–water partition coefficient (Wildman–Crippen LogP) is 3.20. The van der Waals surface area contributed by atoms with Crippen molar-refractivity contribution < 1.29 is 23.8 Å². The van der Waals surface area contributed by atoms with Crippen LogP contribution >= 0.6 is 0 Å². The molecule has 2 fully saturated rings. The van der Waals surface area contributed by atoms with Crippen LogP contribution in [0.15, 0.2) is 0 Å². The molecule has 5 heteroatoms.